The number of para-hydroxylation sites is 2. The Kier molecular flexibility index (Phi) is 6.04. The third-order valence-corrected chi connectivity index (χ3v) is 4.77. The number of nitro groups is 1. The number of anilines is 3. The van der Waals surface area contributed by atoms with Crippen molar-refractivity contribution in [1.29, 1.82) is 0 Å². The average Bonchev–Trinajstić information content (AvgIpc) is 2.80. The van der Waals surface area contributed by atoms with Gasteiger partial charge in [-0.25, -0.2) is 4.98 Å². The zero-order valence-electron chi connectivity index (χ0n) is 16.1. The van der Waals surface area contributed by atoms with Crippen molar-refractivity contribution in [3.63, 3.8) is 0 Å². The minimum atomic E-state index is -0.565. The van der Waals surface area contributed by atoms with Crippen LogP contribution < -0.4 is 15.2 Å². The van der Waals surface area contributed by atoms with E-state index in [-0.39, 0.29) is 17.4 Å². The molecule has 4 aromatic rings. The number of nitrogens with zero attached hydrogens (tertiary/aromatic N) is 4. The molecule has 0 spiro atoms. The van der Waals surface area contributed by atoms with Gasteiger partial charge in [0.2, 0.25) is 5.82 Å². The average molecular weight is 478 g/mol. The number of benzene rings is 3. The van der Waals surface area contributed by atoms with Crippen LogP contribution >= 0.6 is 15.9 Å². The number of hydrogen-bond donors (Lipinski definition) is 1. The van der Waals surface area contributed by atoms with Gasteiger partial charge < -0.3 is 4.74 Å². The van der Waals surface area contributed by atoms with Gasteiger partial charge in [-0.2, -0.15) is 4.98 Å². The highest BCUT2D eigenvalue weighted by Crippen LogP contribution is 2.36. The van der Waals surface area contributed by atoms with E-state index in [1.165, 1.54) is 6.33 Å². The van der Waals surface area contributed by atoms with Gasteiger partial charge in [-0.05, 0) is 48.5 Å². The van der Waals surface area contributed by atoms with Crippen LogP contribution in [0.1, 0.15) is 0 Å². The van der Waals surface area contributed by atoms with Gasteiger partial charge in [0, 0.05) is 4.47 Å². The molecule has 9 heteroatoms. The molecule has 1 N–H and O–H groups in total. The van der Waals surface area contributed by atoms with E-state index in [9.17, 15) is 10.1 Å². The second-order valence-electron chi connectivity index (χ2n) is 6.31. The molecule has 0 atom stereocenters. The van der Waals surface area contributed by atoms with Gasteiger partial charge in [0.15, 0.2) is 0 Å². The number of rotatable bonds is 7. The van der Waals surface area contributed by atoms with Gasteiger partial charge in [0.1, 0.15) is 12.1 Å². The molecule has 3 aromatic carbocycles. The monoisotopic (exact) mass is 477 g/mol. The summed E-state index contributed by atoms with van der Waals surface area (Å²) in [6, 6.07) is 25.7. The van der Waals surface area contributed by atoms with E-state index < -0.39 is 4.92 Å². The van der Waals surface area contributed by atoms with Gasteiger partial charge in [-0.15, -0.1) is 0 Å². The van der Waals surface area contributed by atoms with Crippen molar-refractivity contribution in [2.24, 2.45) is 0 Å². The maximum absolute atomic E-state index is 11.9. The summed E-state index contributed by atoms with van der Waals surface area (Å²) in [6.07, 6.45) is 1.22. The van der Waals surface area contributed by atoms with Crippen LogP contribution in [0.4, 0.5) is 22.9 Å². The van der Waals surface area contributed by atoms with Crippen LogP contribution in [0, 0.1) is 10.1 Å². The third-order valence-electron chi connectivity index (χ3n) is 4.25. The molecule has 0 unspecified atom stereocenters. The van der Waals surface area contributed by atoms with Crippen LogP contribution in [-0.2, 0) is 0 Å². The molecule has 1 heterocycles. The van der Waals surface area contributed by atoms with Crippen molar-refractivity contribution in [1.82, 2.24) is 9.97 Å². The fourth-order valence-electron chi connectivity index (χ4n) is 2.84. The van der Waals surface area contributed by atoms with Crippen molar-refractivity contribution < 1.29 is 9.66 Å². The van der Waals surface area contributed by atoms with Crippen LogP contribution in [0.3, 0.4) is 0 Å². The van der Waals surface area contributed by atoms with E-state index in [1.54, 1.807) is 29.3 Å². The van der Waals surface area contributed by atoms with Gasteiger partial charge in [-0.1, -0.05) is 52.3 Å². The molecule has 154 valence electrons. The molecule has 0 saturated heterocycles. The Morgan fingerprint density at radius 2 is 1.45 bits per heavy atom. The van der Waals surface area contributed by atoms with Crippen LogP contribution in [0.5, 0.6) is 11.6 Å². The van der Waals surface area contributed by atoms with Crippen LogP contribution in [0.15, 0.2) is 95.7 Å². The molecule has 4 rings (SSSR count). The molecule has 0 aliphatic carbocycles. The number of aromatic nitrogens is 2. The lowest BCUT2D eigenvalue weighted by atomic mass is 10.2. The molecular weight excluding hydrogens is 462 g/mol. The lowest BCUT2D eigenvalue weighted by Gasteiger charge is -2.25. The largest absolute Gasteiger partial charge is 0.434 e. The molecule has 31 heavy (non-hydrogen) atoms. The summed E-state index contributed by atoms with van der Waals surface area (Å²) in [6.45, 7) is 0. The van der Waals surface area contributed by atoms with E-state index in [0.29, 0.717) is 5.75 Å². The predicted molar refractivity (Wildman–Crippen MR) is 122 cm³/mol. The number of nitrogens with one attached hydrogen (secondary N) is 1. The Hall–Kier alpha value is -3.98. The molecule has 0 bridgehead atoms. The molecule has 0 fully saturated rings. The molecule has 0 radical (unpaired) electrons. The lowest BCUT2D eigenvalue weighted by Crippen LogP contribution is -2.25. The molecule has 8 nitrogen and oxygen atoms in total. The van der Waals surface area contributed by atoms with E-state index in [2.05, 4.69) is 31.3 Å². The maximum Gasteiger partial charge on any atom is 0.374 e. The van der Waals surface area contributed by atoms with Crippen molar-refractivity contribution in [2.75, 3.05) is 10.4 Å². The maximum atomic E-state index is 11.9. The Labute approximate surface area is 186 Å². The summed E-state index contributed by atoms with van der Waals surface area (Å²) in [4.78, 5) is 19.5. The Morgan fingerprint density at radius 3 is 2.00 bits per heavy atom. The summed E-state index contributed by atoms with van der Waals surface area (Å²) < 4.78 is 6.55. The van der Waals surface area contributed by atoms with Crippen LogP contribution in [0.25, 0.3) is 0 Å². The van der Waals surface area contributed by atoms with Crippen molar-refractivity contribution in [3.8, 4) is 11.6 Å². The summed E-state index contributed by atoms with van der Waals surface area (Å²) in [5.41, 5.74) is 4.23. The molecule has 1 aromatic heterocycles. The summed E-state index contributed by atoms with van der Waals surface area (Å²) in [7, 11) is 0. The first kappa shape index (κ1) is 20.3. The minimum Gasteiger partial charge on any atom is -0.434 e. The first-order valence-electron chi connectivity index (χ1n) is 9.21. The summed E-state index contributed by atoms with van der Waals surface area (Å²) in [5, 5.41) is 13.6. The second-order valence-corrected chi connectivity index (χ2v) is 7.22. The van der Waals surface area contributed by atoms with Crippen molar-refractivity contribution in [3.05, 3.63) is 106 Å². The molecule has 0 saturated carbocycles. The van der Waals surface area contributed by atoms with Crippen molar-refractivity contribution >= 4 is 38.8 Å². The fourth-order valence-corrected chi connectivity index (χ4v) is 3.10. The summed E-state index contributed by atoms with van der Waals surface area (Å²) >= 11 is 3.35. The van der Waals surface area contributed by atoms with E-state index in [4.69, 9.17) is 4.74 Å². The fraction of sp³-hybridized carbons (Fsp3) is 0. The van der Waals surface area contributed by atoms with Gasteiger partial charge in [0.05, 0.1) is 16.3 Å². The predicted octanol–water partition coefficient (Wildman–Crippen LogP) is 6.10. The van der Waals surface area contributed by atoms with E-state index >= 15 is 0 Å². The highest BCUT2D eigenvalue weighted by atomic mass is 79.9. The number of hydrogen-bond acceptors (Lipinski definition) is 7. The topological polar surface area (TPSA) is 93.4 Å². The summed E-state index contributed by atoms with van der Waals surface area (Å²) in [5.74, 6) is 0.254. The Balaban J connectivity index is 1.74. The van der Waals surface area contributed by atoms with Crippen molar-refractivity contribution in [2.45, 2.75) is 0 Å². The third kappa shape index (κ3) is 4.78. The number of hydrazine groups is 1. The first-order valence-corrected chi connectivity index (χ1v) is 10.0. The second kappa shape index (κ2) is 9.23. The highest BCUT2D eigenvalue weighted by Gasteiger charge is 2.27. The normalized spacial score (nSPS) is 10.4. The number of halogens is 1. The Morgan fingerprint density at radius 1 is 0.871 bits per heavy atom. The van der Waals surface area contributed by atoms with Crippen LogP contribution in [0.2, 0.25) is 0 Å². The zero-order chi connectivity index (χ0) is 21.6. The van der Waals surface area contributed by atoms with E-state index in [0.717, 1.165) is 15.8 Å². The first-order chi connectivity index (χ1) is 15.1. The lowest BCUT2D eigenvalue weighted by molar-refractivity contribution is -0.385. The zero-order valence-corrected chi connectivity index (χ0v) is 17.6. The van der Waals surface area contributed by atoms with E-state index in [1.807, 2.05) is 60.7 Å². The standard InChI is InChI=1S/C22H16BrN5O3/c23-16-11-13-19(14-12-16)31-22-20(28(29)30)21(24-15-25-22)26-27(17-7-3-1-4-8-17)18-9-5-2-6-10-18/h1-15H,(H,24,25,26). The van der Waals surface area contributed by atoms with Crippen LogP contribution in [-0.4, -0.2) is 14.9 Å². The van der Waals surface area contributed by atoms with Gasteiger partial charge in [-0.3, -0.25) is 20.5 Å². The van der Waals surface area contributed by atoms with Gasteiger partial charge in [0.25, 0.3) is 0 Å². The molecule has 0 aliphatic heterocycles. The minimum absolute atomic E-state index is 0.000169. The number of ether oxygens (including phenoxy) is 1. The van der Waals surface area contributed by atoms with Gasteiger partial charge >= 0.3 is 11.6 Å². The smallest absolute Gasteiger partial charge is 0.374 e. The molecule has 0 amide bonds. The Bertz CT molecular complexity index is 1140. The molecular formula is C22H16BrN5O3. The quantitative estimate of drug-likeness (QED) is 0.253. The molecule has 0 aliphatic rings. The SMILES string of the molecule is O=[N+]([O-])c1c(NN(c2ccccc2)c2ccccc2)ncnc1Oc1ccc(Br)cc1. The highest BCUT2D eigenvalue weighted by molar-refractivity contribution is 9.10.